The summed E-state index contributed by atoms with van der Waals surface area (Å²) < 4.78 is 28.5. The van der Waals surface area contributed by atoms with Crippen molar-refractivity contribution < 1.29 is 17.6 Å². The van der Waals surface area contributed by atoms with Crippen LogP contribution in [0.15, 0.2) is 62.7 Å². The first-order valence-corrected chi connectivity index (χ1v) is 12.3. The van der Waals surface area contributed by atoms with E-state index in [1.165, 1.54) is 10.5 Å². The van der Waals surface area contributed by atoms with Crippen LogP contribution >= 0.6 is 11.8 Å². The summed E-state index contributed by atoms with van der Waals surface area (Å²) in [6.07, 6.45) is 2.61. The van der Waals surface area contributed by atoms with Gasteiger partial charge in [0.1, 0.15) is 0 Å². The Balaban J connectivity index is 1.43. The number of hydrogen-bond acceptors (Lipinski definition) is 7. The average Bonchev–Trinajstić information content (AvgIpc) is 3.13. The second-order valence-electron chi connectivity index (χ2n) is 6.91. The lowest BCUT2D eigenvalue weighted by molar-refractivity contribution is -0.116. The summed E-state index contributed by atoms with van der Waals surface area (Å²) in [6.45, 7) is 2.05. The topological polar surface area (TPSA) is 102 Å². The predicted octanol–water partition coefficient (Wildman–Crippen LogP) is 3.88. The zero-order valence-electron chi connectivity index (χ0n) is 16.8. The van der Waals surface area contributed by atoms with Crippen LogP contribution in [-0.2, 0) is 21.1 Å². The second kappa shape index (κ2) is 9.90. The maximum absolute atomic E-state index is 12.1. The molecule has 7 nitrogen and oxygen atoms in total. The highest BCUT2D eigenvalue weighted by Gasteiger charge is 2.11. The van der Waals surface area contributed by atoms with Gasteiger partial charge in [-0.05, 0) is 48.9 Å². The Labute approximate surface area is 180 Å². The molecular weight excluding hydrogens is 422 g/mol. The summed E-state index contributed by atoms with van der Waals surface area (Å²) in [5.74, 6) is 1.01. The molecule has 9 heteroatoms. The van der Waals surface area contributed by atoms with Crippen molar-refractivity contribution in [1.29, 1.82) is 0 Å². The standard InChI is InChI=1S/C21H23N3O4S2/c1-15-5-9-17(10-6-15)29-13-3-4-19(25)22-21-24-23-20(28-21)14-16-7-11-18(12-8-16)30(2,26)27/h5-12H,3-4,13-14H2,1-2H3,(H,22,24,25). The number of carbonyl (C=O) groups excluding carboxylic acids is 1. The molecule has 1 N–H and O–H groups in total. The molecule has 30 heavy (non-hydrogen) atoms. The van der Waals surface area contributed by atoms with E-state index < -0.39 is 9.84 Å². The van der Waals surface area contributed by atoms with Crippen molar-refractivity contribution in [2.24, 2.45) is 0 Å². The highest BCUT2D eigenvalue weighted by Crippen LogP contribution is 2.20. The summed E-state index contributed by atoms with van der Waals surface area (Å²) in [5, 5.41) is 10.4. The monoisotopic (exact) mass is 445 g/mol. The van der Waals surface area contributed by atoms with E-state index in [1.807, 2.05) is 0 Å². The van der Waals surface area contributed by atoms with E-state index in [9.17, 15) is 13.2 Å². The minimum Gasteiger partial charge on any atom is -0.407 e. The minimum absolute atomic E-state index is 0.0638. The molecule has 0 spiro atoms. The molecular formula is C21H23N3O4S2. The zero-order chi connectivity index (χ0) is 21.6. The molecule has 0 saturated carbocycles. The molecule has 0 unspecified atom stereocenters. The number of nitrogens with zero attached hydrogens (tertiary/aromatic N) is 2. The van der Waals surface area contributed by atoms with E-state index in [2.05, 4.69) is 46.7 Å². The first-order valence-electron chi connectivity index (χ1n) is 9.40. The van der Waals surface area contributed by atoms with Gasteiger partial charge in [0.2, 0.25) is 11.8 Å². The van der Waals surface area contributed by atoms with Gasteiger partial charge in [-0.1, -0.05) is 34.9 Å². The van der Waals surface area contributed by atoms with Gasteiger partial charge in [-0.3, -0.25) is 10.1 Å². The number of nitrogens with one attached hydrogen (secondary N) is 1. The lowest BCUT2D eigenvalue weighted by atomic mass is 10.1. The molecule has 0 aliphatic heterocycles. The van der Waals surface area contributed by atoms with Gasteiger partial charge in [0, 0.05) is 17.6 Å². The normalized spacial score (nSPS) is 11.4. The lowest BCUT2D eigenvalue weighted by Crippen LogP contribution is -2.11. The summed E-state index contributed by atoms with van der Waals surface area (Å²) in [7, 11) is -3.23. The number of benzene rings is 2. The van der Waals surface area contributed by atoms with Crippen LogP contribution in [0.5, 0.6) is 0 Å². The fraction of sp³-hybridized carbons (Fsp3) is 0.286. The molecule has 0 fully saturated rings. The van der Waals surface area contributed by atoms with Crippen LogP contribution < -0.4 is 5.32 Å². The molecule has 1 aromatic heterocycles. The van der Waals surface area contributed by atoms with Crippen LogP contribution in [0, 0.1) is 6.92 Å². The number of thioether (sulfide) groups is 1. The van der Waals surface area contributed by atoms with Gasteiger partial charge in [-0.15, -0.1) is 16.9 Å². The minimum atomic E-state index is -3.23. The highest BCUT2D eigenvalue weighted by atomic mass is 32.2. The van der Waals surface area contributed by atoms with Gasteiger partial charge >= 0.3 is 6.01 Å². The molecule has 2 aromatic carbocycles. The number of sulfone groups is 1. The maximum atomic E-state index is 12.1. The Kier molecular flexibility index (Phi) is 7.28. The van der Waals surface area contributed by atoms with Crippen LogP contribution in [0.25, 0.3) is 0 Å². The molecule has 0 saturated heterocycles. The van der Waals surface area contributed by atoms with Crippen molar-refractivity contribution in [2.45, 2.75) is 36.0 Å². The Morgan fingerprint density at radius 3 is 2.43 bits per heavy atom. The van der Waals surface area contributed by atoms with Crippen LogP contribution in [0.4, 0.5) is 6.01 Å². The van der Waals surface area contributed by atoms with Gasteiger partial charge < -0.3 is 4.42 Å². The smallest absolute Gasteiger partial charge is 0.322 e. The number of anilines is 1. The van der Waals surface area contributed by atoms with E-state index >= 15 is 0 Å². The van der Waals surface area contributed by atoms with Gasteiger partial charge in [0.25, 0.3) is 0 Å². The Bertz CT molecular complexity index is 1090. The van der Waals surface area contributed by atoms with Gasteiger partial charge in [0.05, 0.1) is 11.3 Å². The summed E-state index contributed by atoms with van der Waals surface area (Å²) in [5.41, 5.74) is 2.06. The van der Waals surface area contributed by atoms with Crippen LogP contribution in [0.1, 0.15) is 29.9 Å². The van der Waals surface area contributed by atoms with E-state index in [0.717, 1.165) is 24.0 Å². The summed E-state index contributed by atoms with van der Waals surface area (Å²) >= 11 is 1.72. The highest BCUT2D eigenvalue weighted by molar-refractivity contribution is 7.99. The first kappa shape index (κ1) is 22.0. The van der Waals surface area contributed by atoms with Crippen LogP contribution in [-0.4, -0.2) is 36.5 Å². The van der Waals surface area contributed by atoms with Gasteiger partial charge in [-0.2, -0.15) is 0 Å². The van der Waals surface area contributed by atoms with Gasteiger partial charge in [0.15, 0.2) is 9.84 Å². The summed E-state index contributed by atoms with van der Waals surface area (Å²) in [6, 6.07) is 14.8. The molecule has 0 aliphatic carbocycles. The van der Waals surface area contributed by atoms with Crippen molar-refractivity contribution in [3.63, 3.8) is 0 Å². The Hall–Kier alpha value is -2.65. The Morgan fingerprint density at radius 2 is 1.77 bits per heavy atom. The first-order chi connectivity index (χ1) is 14.3. The number of rotatable bonds is 9. The molecule has 1 amide bonds. The number of aromatic nitrogens is 2. The SMILES string of the molecule is Cc1ccc(SCCCC(=O)Nc2nnc(Cc3ccc(S(C)(=O)=O)cc3)o2)cc1. The van der Waals surface area contributed by atoms with Crippen molar-refractivity contribution in [3.8, 4) is 0 Å². The summed E-state index contributed by atoms with van der Waals surface area (Å²) in [4.78, 5) is 13.5. The lowest BCUT2D eigenvalue weighted by Gasteiger charge is -2.03. The molecule has 0 atom stereocenters. The van der Waals surface area contributed by atoms with Crippen LogP contribution in [0.3, 0.4) is 0 Å². The molecule has 3 aromatic rings. The van der Waals surface area contributed by atoms with Crippen LogP contribution in [0.2, 0.25) is 0 Å². The van der Waals surface area contributed by atoms with Crippen molar-refractivity contribution in [3.05, 3.63) is 65.5 Å². The molecule has 1 heterocycles. The fourth-order valence-electron chi connectivity index (χ4n) is 2.64. The van der Waals surface area contributed by atoms with Crippen molar-refractivity contribution in [2.75, 3.05) is 17.3 Å². The number of hydrogen-bond donors (Lipinski definition) is 1. The Morgan fingerprint density at radius 1 is 1.07 bits per heavy atom. The van der Waals surface area contributed by atoms with E-state index in [0.29, 0.717) is 18.7 Å². The molecule has 0 bridgehead atoms. The number of amides is 1. The molecule has 158 valence electrons. The third-order valence-corrected chi connectivity index (χ3v) is 6.48. The van der Waals surface area contributed by atoms with Crippen molar-refractivity contribution >= 4 is 33.5 Å². The maximum Gasteiger partial charge on any atom is 0.322 e. The predicted molar refractivity (Wildman–Crippen MR) is 116 cm³/mol. The molecule has 0 aliphatic rings. The van der Waals surface area contributed by atoms with E-state index in [4.69, 9.17) is 4.42 Å². The quantitative estimate of drug-likeness (QED) is 0.394. The van der Waals surface area contributed by atoms with E-state index in [-0.39, 0.29) is 16.8 Å². The third-order valence-electron chi connectivity index (χ3n) is 4.26. The van der Waals surface area contributed by atoms with Gasteiger partial charge in [-0.25, -0.2) is 8.42 Å². The number of carbonyl (C=O) groups is 1. The third kappa shape index (κ3) is 6.70. The largest absolute Gasteiger partial charge is 0.407 e. The second-order valence-corrected chi connectivity index (χ2v) is 10.1. The molecule has 3 rings (SSSR count). The van der Waals surface area contributed by atoms with E-state index in [1.54, 1.807) is 36.0 Å². The average molecular weight is 446 g/mol. The fourth-order valence-corrected chi connectivity index (χ4v) is 4.13. The number of aryl methyl sites for hydroxylation is 1. The van der Waals surface area contributed by atoms with Crippen molar-refractivity contribution in [1.82, 2.24) is 10.2 Å². The molecule has 0 radical (unpaired) electrons. The zero-order valence-corrected chi connectivity index (χ0v) is 18.4.